The summed E-state index contributed by atoms with van der Waals surface area (Å²) in [5, 5.41) is 3.07. The predicted octanol–water partition coefficient (Wildman–Crippen LogP) is 2.58. The second-order valence-corrected chi connectivity index (χ2v) is 3.55. The summed E-state index contributed by atoms with van der Waals surface area (Å²) in [5.41, 5.74) is 1.13. The number of nitrogens with one attached hydrogen (secondary N) is 1. The fourth-order valence-corrected chi connectivity index (χ4v) is 1.47. The molecule has 1 aromatic carbocycles. The summed E-state index contributed by atoms with van der Waals surface area (Å²) in [6, 6.07) is 11.7. The van der Waals surface area contributed by atoms with Crippen LogP contribution in [-0.2, 0) is 13.2 Å². The largest absolute Gasteiger partial charge is 0.486 e. The van der Waals surface area contributed by atoms with Crippen LogP contribution in [0.5, 0.6) is 5.75 Å². The maximum absolute atomic E-state index is 5.57. The van der Waals surface area contributed by atoms with Crippen molar-refractivity contribution in [1.82, 2.24) is 5.32 Å². The van der Waals surface area contributed by atoms with Gasteiger partial charge in [0.1, 0.15) is 18.1 Å². The number of hydrogen-bond donors (Lipinski definition) is 1. The molecule has 0 unspecified atom stereocenters. The van der Waals surface area contributed by atoms with Gasteiger partial charge in [-0.1, -0.05) is 18.2 Å². The van der Waals surface area contributed by atoms with Crippen molar-refractivity contribution in [3.05, 3.63) is 54.0 Å². The lowest BCUT2D eigenvalue weighted by atomic mass is 10.3. The average Bonchev–Trinajstić information content (AvgIpc) is 2.76. The highest BCUT2D eigenvalue weighted by Gasteiger charge is 2.01. The van der Waals surface area contributed by atoms with Gasteiger partial charge in [0.25, 0.3) is 0 Å². The fourth-order valence-electron chi connectivity index (χ4n) is 1.47. The van der Waals surface area contributed by atoms with Gasteiger partial charge in [-0.05, 0) is 25.2 Å². The second kappa shape index (κ2) is 5.37. The van der Waals surface area contributed by atoms with Gasteiger partial charge in [-0.25, -0.2) is 0 Å². The maximum atomic E-state index is 5.57. The molecule has 1 N–H and O–H groups in total. The van der Waals surface area contributed by atoms with Gasteiger partial charge >= 0.3 is 0 Å². The number of benzene rings is 1. The number of hydrogen-bond acceptors (Lipinski definition) is 3. The topological polar surface area (TPSA) is 34.4 Å². The minimum Gasteiger partial charge on any atom is -0.486 e. The first-order valence-electron chi connectivity index (χ1n) is 5.27. The van der Waals surface area contributed by atoms with Crippen molar-refractivity contribution >= 4 is 0 Å². The van der Waals surface area contributed by atoms with Crippen LogP contribution in [0.15, 0.2) is 47.1 Å². The third-order valence-electron chi connectivity index (χ3n) is 2.21. The molecule has 1 heterocycles. The lowest BCUT2D eigenvalue weighted by Gasteiger charge is -2.02. The summed E-state index contributed by atoms with van der Waals surface area (Å²) in [7, 11) is 1.91. The van der Waals surface area contributed by atoms with Crippen molar-refractivity contribution in [3.63, 3.8) is 0 Å². The van der Waals surface area contributed by atoms with E-state index in [0.717, 1.165) is 23.6 Å². The average molecular weight is 217 g/mol. The molecular formula is C13H15NO2. The SMILES string of the molecule is CNCc1coc(COc2ccccc2)c1. The van der Waals surface area contributed by atoms with Gasteiger partial charge < -0.3 is 14.5 Å². The number of ether oxygens (including phenoxy) is 1. The molecule has 0 atom stereocenters. The van der Waals surface area contributed by atoms with Gasteiger partial charge in [0.05, 0.1) is 6.26 Å². The van der Waals surface area contributed by atoms with Crippen LogP contribution in [0.2, 0.25) is 0 Å². The van der Waals surface area contributed by atoms with Crippen LogP contribution in [-0.4, -0.2) is 7.05 Å². The quantitative estimate of drug-likeness (QED) is 0.835. The van der Waals surface area contributed by atoms with Gasteiger partial charge in [-0.15, -0.1) is 0 Å². The molecular weight excluding hydrogens is 202 g/mol. The standard InChI is InChI=1S/C13H15NO2/c1-14-8-11-7-13(15-9-11)10-16-12-5-3-2-4-6-12/h2-7,9,14H,8,10H2,1H3. The van der Waals surface area contributed by atoms with E-state index in [1.807, 2.05) is 43.4 Å². The van der Waals surface area contributed by atoms with Crippen LogP contribution in [0.1, 0.15) is 11.3 Å². The molecule has 1 aromatic heterocycles. The molecule has 3 nitrogen and oxygen atoms in total. The van der Waals surface area contributed by atoms with Crippen molar-refractivity contribution < 1.29 is 9.15 Å². The zero-order valence-electron chi connectivity index (χ0n) is 9.27. The number of rotatable bonds is 5. The van der Waals surface area contributed by atoms with Gasteiger partial charge in [-0.2, -0.15) is 0 Å². The summed E-state index contributed by atoms with van der Waals surface area (Å²) in [5.74, 6) is 1.70. The lowest BCUT2D eigenvalue weighted by molar-refractivity contribution is 0.270. The molecule has 16 heavy (non-hydrogen) atoms. The Kier molecular flexibility index (Phi) is 3.62. The van der Waals surface area contributed by atoms with E-state index < -0.39 is 0 Å². The highest BCUT2D eigenvalue weighted by Crippen LogP contribution is 2.13. The molecule has 0 aliphatic heterocycles. The van der Waals surface area contributed by atoms with Crippen LogP contribution in [0.25, 0.3) is 0 Å². The Bertz CT molecular complexity index is 423. The third kappa shape index (κ3) is 2.87. The molecule has 0 radical (unpaired) electrons. The van der Waals surface area contributed by atoms with Gasteiger partial charge in [0, 0.05) is 12.1 Å². The molecule has 3 heteroatoms. The Balaban J connectivity index is 1.89. The minimum atomic E-state index is 0.466. The lowest BCUT2D eigenvalue weighted by Crippen LogP contribution is -2.03. The molecule has 0 bridgehead atoms. The van der Waals surface area contributed by atoms with Crippen LogP contribution >= 0.6 is 0 Å². The molecule has 0 aliphatic rings. The van der Waals surface area contributed by atoms with E-state index in [2.05, 4.69) is 5.32 Å². The predicted molar refractivity (Wildman–Crippen MR) is 62.2 cm³/mol. The summed E-state index contributed by atoms with van der Waals surface area (Å²) in [6.45, 7) is 1.28. The van der Waals surface area contributed by atoms with E-state index in [4.69, 9.17) is 9.15 Å². The Labute approximate surface area is 95.0 Å². The highest BCUT2D eigenvalue weighted by molar-refractivity contribution is 5.21. The van der Waals surface area contributed by atoms with Crippen LogP contribution in [0.4, 0.5) is 0 Å². The monoisotopic (exact) mass is 217 g/mol. The molecule has 0 amide bonds. The maximum Gasteiger partial charge on any atom is 0.146 e. The van der Waals surface area contributed by atoms with Gasteiger partial charge in [0.2, 0.25) is 0 Å². The Morgan fingerprint density at radius 3 is 2.81 bits per heavy atom. The summed E-state index contributed by atoms with van der Waals surface area (Å²) >= 11 is 0. The number of furan rings is 1. The van der Waals surface area contributed by atoms with E-state index in [9.17, 15) is 0 Å². The summed E-state index contributed by atoms with van der Waals surface area (Å²) < 4.78 is 10.9. The van der Waals surface area contributed by atoms with Gasteiger partial charge in [0.15, 0.2) is 0 Å². The fraction of sp³-hybridized carbons (Fsp3) is 0.231. The zero-order valence-corrected chi connectivity index (χ0v) is 9.27. The van der Waals surface area contributed by atoms with E-state index in [1.165, 1.54) is 0 Å². The Morgan fingerprint density at radius 1 is 1.25 bits per heavy atom. The zero-order chi connectivity index (χ0) is 11.2. The van der Waals surface area contributed by atoms with Crippen molar-refractivity contribution in [2.24, 2.45) is 0 Å². The number of para-hydroxylation sites is 1. The first-order chi connectivity index (χ1) is 7.88. The molecule has 0 saturated carbocycles. The Hall–Kier alpha value is -1.74. The summed E-state index contributed by atoms with van der Waals surface area (Å²) in [6.07, 6.45) is 1.75. The van der Waals surface area contributed by atoms with Crippen molar-refractivity contribution in [2.75, 3.05) is 7.05 Å². The summed E-state index contributed by atoms with van der Waals surface area (Å²) in [4.78, 5) is 0. The minimum absolute atomic E-state index is 0.466. The van der Waals surface area contributed by atoms with Crippen molar-refractivity contribution in [3.8, 4) is 5.75 Å². The third-order valence-corrected chi connectivity index (χ3v) is 2.21. The molecule has 0 aliphatic carbocycles. The van der Waals surface area contributed by atoms with Crippen molar-refractivity contribution in [2.45, 2.75) is 13.2 Å². The normalized spacial score (nSPS) is 10.3. The molecule has 2 aromatic rings. The van der Waals surface area contributed by atoms with Crippen LogP contribution in [0, 0.1) is 0 Å². The van der Waals surface area contributed by atoms with Crippen LogP contribution in [0.3, 0.4) is 0 Å². The highest BCUT2D eigenvalue weighted by atomic mass is 16.5. The second-order valence-electron chi connectivity index (χ2n) is 3.55. The first-order valence-corrected chi connectivity index (χ1v) is 5.27. The van der Waals surface area contributed by atoms with Crippen molar-refractivity contribution in [1.29, 1.82) is 0 Å². The van der Waals surface area contributed by atoms with Crippen LogP contribution < -0.4 is 10.1 Å². The first kappa shape index (κ1) is 10.8. The van der Waals surface area contributed by atoms with E-state index in [0.29, 0.717) is 6.61 Å². The molecule has 0 fully saturated rings. The van der Waals surface area contributed by atoms with Gasteiger partial charge in [-0.3, -0.25) is 0 Å². The molecule has 84 valence electrons. The molecule has 0 spiro atoms. The Morgan fingerprint density at radius 2 is 2.06 bits per heavy atom. The smallest absolute Gasteiger partial charge is 0.146 e. The van der Waals surface area contributed by atoms with E-state index in [-0.39, 0.29) is 0 Å². The van der Waals surface area contributed by atoms with E-state index >= 15 is 0 Å². The molecule has 2 rings (SSSR count). The van der Waals surface area contributed by atoms with E-state index in [1.54, 1.807) is 6.26 Å². The molecule has 0 saturated heterocycles.